The fraction of sp³-hybridized carbons (Fsp3) is 0.0769. The highest BCUT2D eigenvalue weighted by atomic mass is 79.9. The second-order valence-electron chi connectivity index (χ2n) is 4.00. The fourth-order valence-corrected chi connectivity index (χ4v) is 2.57. The van der Waals surface area contributed by atoms with Crippen molar-refractivity contribution >= 4 is 51.0 Å². The molecular formula is C13H9BBrN. The fourth-order valence-electron chi connectivity index (χ4n) is 2.21. The summed E-state index contributed by atoms with van der Waals surface area (Å²) in [5.41, 5.74) is 3.24. The molecule has 0 bridgehead atoms. The number of aromatic nitrogens is 1. The first-order chi connectivity index (χ1) is 7.66. The number of hydrogen-bond donors (Lipinski definition) is 0. The zero-order valence-corrected chi connectivity index (χ0v) is 10.5. The molecule has 76 valence electrons. The van der Waals surface area contributed by atoms with Gasteiger partial charge in [0.05, 0.1) is 0 Å². The van der Waals surface area contributed by atoms with Crippen LogP contribution in [0.3, 0.4) is 0 Å². The predicted molar refractivity (Wildman–Crippen MR) is 73.5 cm³/mol. The van der Waals surface area contributed by atoms with Crippen molar-refractivity contribution in [3.63, 3.8) is 0 Å². The average Bonchev–Trinajstić information content (AvgIpc) is 2.52. The van der Waals surface area contributed by atoms with Crippen LogP contribution in [0.1, 0.15) is 0 Å². The van der Waals surface area contributed by atoms with E-state index in [9.17, 15) is 0 Å². The molecule has 3 rings (SSSR count). The Morgan fingerprint density at radius 2 is 1.62 bits per heavy atom. The van der Waals surface area contributed by atoms with E-state index < -0.39 is 0 Å². The van der Waals surface area contributed by atoms with E-state index >= 15 is 0 Å². The summed E-state index contributed by atoms with van der Waals surface area (Å²) in [5, 5.41) is 2.44. The number of benzene rings is 2. The van der Waals surface area contributed by atoms with Gasteiger partial charge in [0.2, 0.25) is 0 Å². The van der Waals surface area contributed by atoms with Crippen LogP contribution in [-0.4, -0.2) is 12.4 Å². The van der Waals surface area contributed by atoms with E-state index in [0.717, 1.165) is 9.94 Å². The average molecular weight is 270 g/mol. The Labute approximate surface area is 104 Å². The number of hydrogen-bond acceptors (Lipinski definition) is 0. The molecule has 0 saturated carbocycles. The monoisotopic (exact) mass is 269 g/mol. The minimum absolute atomic E-state index is 0.806. The van der Waals surface area contributed by atoms with Crippen LogP contribution in [0.2, 0.25) is 0 Å². The van der Waals surface area contributed by atoms with Crippen LogP contribution < -0.4 is 5.46 Å². The van der Waals surface area contributed by atoms with Crippen LogP contribution in [-0.2, 0) is 7.05 Å². The van der Waals surface area contributed by atoms with Gasteiger partial charge >= 0.3 is 0 Å². The van der Waals surface area contributed by atoms with E-state index in [0.29, 0.717) is 0 Å². The van der Waals surface area contributed by atoms with Gasteiger partial charge in [-0.3, -0.25) is 0 Å². The highest BCUT2D eigenvalue weighted by Crippen LogP contribution is 2.29. The summed E-state index contributed by atoms with van der Waals surface area (Å²) < 4.78 is 3.28. The summed E-state index contributed by atoms with van der Waals surface area (Å²) in [6, 6.07) is 12.4. The van der Waals surface area contributed by atoms with Crippen molar-refractivity contribution in [1.82, 2.24) is 4.57 Å². The summed E-state index contributed by atoms with van der Waals surface area (Å²) >= 11 is 3.51. The Morgan fingerprint density at radius 3 is 2.38 bits per heavy atom. The lowest BCUT2D eigenvalue weighted by atomic mass is 9.94. The molecule has 1 heterocycles. The molecule has 1 nitrogen and oxygen atoms in total. The molecule has 3 aromatic rings. The van der Waals surface area contributed by atoms with Crippen molar-refractivity contribution < 1.29 is 0 Å². The Kier molecular flexibility index (Phi) is 2.11. The zero-order chi connectivity index (χ0) is 11.3. The highest BCUT2D eigenvalue weighted by molar-refractivity contribution is 9.10. The van der Waals surface area contributed by atoms with Crippen molar-refractivity contribution in [1.29, 1.82) is 0 Å². The molecular weight excluding hydrogens is 261 g/mol. The van der Waals surface area contributed by atoms with Gasteiger partial charge in [-0.15, -0.1) is 0 Å². The summed E-state index contributed by atoms with van der Waals surface area (Å²) in [6.07, 6.45) is 0. The summed E-state index contributed by atoms with van der Waals surface area (Å²) in [6.45, 7) is 0. The third-order valence-electron chi connectivity index (χ3n) is 2.99. The molecule has 0 fully saturated rings. The second-order valence-corrected chi connectivity index (χ2v) is 4.91. The Morgan fingerprint density at radius 1 is 1.00 bits per heavy atom. The number of aryl methyl sites for hydroxylation is 1. The van der Waals surface area contributed by atoms with Gasteiger partial charge in [-0.25, -0.2) is 0 Å². The van der Waals surface area contributed by atoms with Gasteiger partial charge in [0, 0.05) is 33.3 Å². The van der Waals surface area contributed by atoms with E-state index in [1.807, 2.05) is 12.1 Å². The minimum atomic E-state index is 0.806. The second kappa shape index (κ2) is 3.39. The maximum Gasteiger partial charge on any atom is 0.113 e. The van der Waals surface area contributed by atoms with Crippen LogP contribution in [0.5, 0.6) is 0 Å². The van der Waals surface area contributed by atoms with Crippen LogP contribution in [0.15, 0.2) is 40.9 Å². The van der Waals surface area contributed by atoms with Crippen molar-refractivity contribution in [3.8, 4) is 0 Å². The Balaban J connectivity index is 2.60. The largest absolute Gasteiger partial charge is 0.344 e. The molecule has 0 spiro atoms. The van der Waals surface area contributed by atoms with E-state index in [4.69, 9.17) is 7.85 Å². The minimum Gasteiger partial charge on any atom is -0.344 e. The van der Waals surface area contributed by atoms with Crippen LogP contribution in [0.4, 0.5) is 0 Å². The molecule has 0 N–H and O–H groups in total. The zero-order valence-electron chi connectivity index (χ0n) is 8.87. The van der Waals surface area contributed by atoms with Crippen LogP contribution in [0, 0.1) is 0 Å². The van der Waals surface area contributed by atoms with Gasteiger partial charge < -0.3 is 4.57 Å². The lowest BCUT2D eigenvalue weighted by molar-refractivity contribution is 1.01. The van der Waals surface area contributed by atoms with Crippen LogP contribution >= 0.6 is 15.9 Å². The summed E-state index contributed by atoms with van der Waals surface area (Å²) in [7, 11) is 7.92. The van der Waals surface area contributed by atoms with Gasteiger partial charge in [0.1, 0.15) is 7.85 Å². The maximum atomic E-state index is 5.84. The first kappa shape index (κ1) is 9.97. The molecule has 1 aromatic heterocycles. The molecule has 0 amide bonds. The van der Waals surface area contributed by atoms with Crippen molar-refractivity contribution in [2.75, 3.05) is 0 Å². The van der Waals surface area contributed by atoms with Gasteiger partial charge in [-0.05, 0) is 24.3 Å². The lowest BCUT2D eigenvalue weighted by Gasteiger charge is -1.97. The van der Waals surface area contributed by atoms with Gasteiger partial charge in [0.25, 0.3) is 0 Å². The quantitative estimate of drug-likeness (QED) is 0.553. The van der Waals surface area contributed by atoms with E-state index in [-0.39, 0.29) is 0 Å². The Bertz CT molecular complexity index is 641. The molecule has 2 radical (unpaired) electrons. The van der Waals surface area contributed by atoms with E-state index in [1.165, 1.54) is 21.8 Å². The lowest BCUT2D eigenvalue weighted by Crippen LogP contribution is -1.99. The SMILES string of the molecule is [B]c1ccc2c(c1)c1cc(Br)ccc1n2C. The molecule has 0 unspecified atom stereocenters. The molecule has 0 aliphatic rings. The normalized spacial score (nSPS) is 11.4. The Hall–Kier alpha value is -1.22. The standard InChI is InChI=1S/C13H9BBrN/c1-16-12-4-2-8(14)6-10(12)11-7-9(15)3-5-13(11)16/h2-7H,1H3. The van der Waals surface area contributed by atoms with Crippen molar-refractivity contribution in [2.24, 2.45) is 7.05 Å². The molecule has 3 heteroatoms. The number of halogens is 1. The summed E-state index contributed by atoms with van der Waals surface area (Å²) in [5.74, 6) is 0. The third kappa shape index (κ3) is 1.31. The number of rotatable bonds is 0. The van der Waals surface area contributed by atoms with E-state index in [2.05, 4.69) is 51.8 Å². The number of fused-ring (bicyclic) bond motifs is 3. The molecule has 0 atom stereocenters. The maximum absolute atomic E-state index is 5.84. The van der Waals surface area contributed by atoms with E-state index in [1.54, 1.807) is 0 Å². The predicted octanol–water partition coefficient (Wildman–Crippen LogP) is 2.89. The smallest absolute Gasteiger partial charge is 0.113 e. The molecule has 16 heavy (non-hydrogen) atoms. The van der Waals surface area contributed by atoms with Crippen molar-refractivity contribution in [2.45, 2.75) is 0 Å². The molecule has 2 aromatic carbocycles. The summed E-state index contributed by atoms with van der Waals surface area (Å²) in [4.78, 5) is 0. The topological polar surface area (TPSA) is 4.93 Å². The first-order valence-electron chi connectivity index (χ1n) is 5.10. The van der Waals surface area contributed by atoms with Crippen molar-refractivity contribution in [3.05, 3.63) is 40.9 Å². The third-order valence-corrected chi connectivity index (χ3v) is 3.49. The molecule has 0 aliphatic heterocycles. The van der Waals surface area contributed by atoms with Crippen LogP contribution in [0.25, 0.3) is 21.8 Å². The van der Waals surface area contributed by atoms with Gasteiger partial charge in [-0.2, -0.15) is 0 Å². The molecule has 0 saturated heterocycles. The number of nitrogens with zero attached hydrogens (tertiary/aromatic N) is 1. The van der Waals surface area contributed by atoms with Gasteiger partial charge in [0.15, 0.2) is 0 Å². The van der Waals surface area contributed by atoms with Gasteiger partial charge in [-0.1, -0.05) is 33.5 Å². The highest BCUT2D eigenvalue weighted by Gasteiger charge is 2.07. The first-order valence-corrected chi connectivity index (χ1v) is 5.89. The molecule has 0 aliphatic carbocycles.